The number of hydrogen-bond donors (Lipinski definition) is 0. The van der Waals surface area contributed by atoms with Gasteiger partial charge in [-0.2, -0.15) is 5.10 Å². The van der Waals surface area contributed by atoms with E-state index in [2.05, 4.69) is 12.0 Å². The molecule has 3 aliphatic rings. The highest BCUT2D eigenvalue weighted by Gasteiger charge is 2.41. The molecule has 27 heavy (non-hydrogen) atoms. The van der Waals surface area contributed by atoms with Crippen molar-refractivity contribution in [2.45, 2.75) is 38.8 Å². The van der Waals surface area contributed by atoms with Crippen LogP contribution in [0.3, 0.4) is 0 Å². The summed E-state index contributed by atoms with van der Waals surface area (Å²) in [7, 11) is 0. The van der Waals surface area contributed by atoms with E-state index in [1.807, 2.05) is 51.0 Å². The van der Waals surface area contributed by atoms with E-state index in [0.29, 0.717) is 25.2 Å². The number of carbonyl (C=O) groups is 2. The number of fused-ring (bicyclic) bond motifs is 4. The summed E-state index contributed by atoms with van der Waals surface area (Å²) in [5, 5.41) is 4.23. The fourth-order valence-corrected chi connectivity index (χ4v) is 4.31. The molecule has 3 aliphatic heterocycles. The lowest BCUT2D eigenvalue weighted by Gasteiger charge is -2.35. The van der Waals surface area contributed by atoms with E-state index in [1.54, 1.807) is 6.20 Å². The van der Waals surface area contributed by atoms with Crippen LogP contribution in [-0.2, 0) is 11.3 Å². The Balaban J connectivity index is 1.52. The van der Waals surface area contributed by atoms with Gasteiger partial charge in [-0.25, -0.2) is 0 Å². The molecule has 0 saturated carbocycles. The summed E-state index contributed by atoms with van der Waals surface area (Å²) >= 11 is 0. The minimum Gasteiger partial charge on any atom is -0.338 e. The predicted molar refractivity (Wildman–Crippen MR) is 102 cm³/mol. The SMILES string of the molecule is CCCN1C(=O)[C@@H]2CC[C@H]1CN(C(=O)c1cccc(Cn3cccn3)c1)C2. The molecule has 0 N–H and O–H groups in total. The molecule has 6 nitrogen and oxygen atoms in total. The van der Waals surface area contributed by atoms with Crippen molar-refractivity contribution in [2.24, 2.45) is 5.92 Å². The first kappa shape index (κ1) is 17.8. The third kappa shape index (κ3) is 3.61. The van der Waals surface area contributed by atoms with Crippen LogP contribution in [0.1, 0.15) is 42.1 Å². The highest BCUT2D eigenvalue weighted by molar-refractivity contribution is 5.95. The fourth-order valence-electron chi connectivity index (χ4n) is 4.31. The van der Waals surface area contributed by atoms with E-state index >= 15 is 0 Å². The Morgan fingerprint density at radius 1 is 1.22 bits per heavy atom. The number of amides is 2. The van der Waals surface area contributed by atoms with Crippen LogP contribution in [0.4, 0.5) is 0 Å². The van der Waals surface area contributed by atoms with E-state index in [1.165, 1.54) is 0 Å². The second-order valence-electron chi connectivity index (χ2n) is 7.57. The Kier molecular flexibility index (Phi) is 4.97. The van der Waals surface area contributed by atoms with Gasteiger partial charge in [0.15, 0.2) is 0 Å². The Bertz CT molecular complexity index is 817. The zero-order valence-electron chi connectivity index (χ0n) is 15.8. The summed E-state index contributed by atoms with van der Waals surface area (Å²) in [4.78, 5) is 29.8. The van der Waals surface area contributed by atoms with Crippen LogP contribution in [0.2, 0.25) is 0 Å². The molecule has 2 aromatic rings. The van der Waals surface area contributed by atoms with Crippen molar-refractivity contribution in [2.75, 3.05) is 19.6 Å². The van der Waals surface area contributed by atoms with Crippen LogP contribution in [0, 0.1) is 5.92 Å². The first-order chi connectivity index (χ1) is 13.2. The lowest BCUT2D eigenvalue weighted by Crippen LogP contribution is -2.48. The number of piperidine rings is 1. The van der Waals surface area contributed by atoms with E-state index in [0.717, 1.165) is 31.4 Å². The molecule has 5 rings (SSSR count). The van der Waals surface area contributed by atoms with Crippen molar-refractivity contribution in [3.05, 3.63) is 53.9 Å². The molecule has 0 spiro atoms. The summed E-state index contributed by atoms with van der Waals surface area (Å²) in [6, 6.07) is 9.80. The van der Waals surface area contributed by atoms with Gasteiger partial charge in [0.05, 0.1) is 12.5 Å². The smallest absolute Gasteiger partial charge is 0.253 e. The molecule has 0 radical (unpaired) electrons. The van der Waals surface area contributed by atoms with E-state index in [4.69, 9.17) is 0 Å². The number of rotatable bonds is 5. The molecule has 2 amide bonds. The Morgan fingerprint density at radius 3 is 2.89 bits per heavy atom. The fraction of sp³-hybridized carbons (Fsp3) is 0.476. The summed E-state index contributed by atoms with van der Waals surface area (Å²) in [5.41, 5.74) is 1.74. The lowest BCUT2D eigenvalue weighted by molar-refractivity contribution is -0.139. The van der Waals surface area contributed by atoms with Crippen LogP contribution < -0.4 is 0 Å². The van der Waals surface area contributed by atoms with Gasteiger partial charge in [0.2, 0.25) is 5.91 Å². The predicted octanol–water partition coefficient (Wildman–Crippen LogP) is 2.40. The summed E-state index contributed by atoms with van der Waals surface area (Å²) < 4.78 is 1.84. The molecule has 2 bridgehead atoms. The third-order valence-electron chi connectivity index (χ3n) is 5.62. The van der Waals surface area contributed by atoms with Gasteiger partial charge in [-0.15, -0.1) is 0 Å². The molecule has 142 valence electrons. The topological polar surface area (TPSA) is 58.4 Å². The molecule has 1 aromatic carbocycles. The number of hydrogen-bond acceptors (Lipinski definition) is 3. The number of benzene rings is 1. The van der Waals surface area contributed by atoms with Crippen LogP contribution in [0.5, 0.6) is 0 Å². The van der Waals surface area contributed by atoms with Crippen molar-refractivity contribution in [1.29, 1.82) is 0 Å². The van der Waals surface area contributed by atoms with Gasteiger partial charge in [0.25, 0.3) is 5.91 Å². The van der Waals surface area contributed by atoms with Gasteiger partial charge in [-0.05, 0) is 43.0 Å². The third-order valence-corrected chi connectivity index (χ3v) is 5.62. The highest BCUT2D eigenvalue weighted by atomic mass is 16.2. The first-order valence-corrected chi connectivity index (χ1v) is 9.82. The molecule has 0 unspecified atom stereocenters. The second-order valence-corrected chi connectivity index (χ2v) is 7.57. The molecular weight excluding hydrogens is 340 g/mol. The first-order valence-electron chi connectivity index (χ1n) is 9.82. The molecule has 0 aliphatic carbocycles. The van der Waals surface area contributed by atoms with Crippen LogP contribution >= 0.6 is 0 Å². The highest BCUT2D eigenvalue weighted by Crippen LogP contribution is 2.30. The van der Waals surface area contributed by atoms with Gasteiger partial charge < -0.3 is 9.80 Å². The standard InChI is InChI=1S/C21H26N4O2/c1-2-10-25-19-8-7-18(21(25)27)14-23(15-19)20(26)17-6-3-5-16(12-17)13-24-11-4-9-22-24/h3-6,9,11-12,18-19H,2,7-8,10,13-15H2,1H3/t18-,19+/m1/s1. The van der Waals surface area contributed by atoms with Crippen LogP contribution in [-0.4, -0.2) is 57.1 Å². The molecule has 2 atom stereocenters. The van der Waals surface area contributed by atoms with Gasteiger partial charge in [0.1, 0.15) is 0 Å². The van der Waals surface area contributed by atoms with E-state index in [-0.39, 0.29) is 23.8 Å². The van der Waals surface area contributed by atoms with Crippen molar-refractivity contribution in [3.63, 3.8) is 0 Å². The molecular formula is C21H26N4O2. The summed E-state index contributed by atoms with van der Waals surface area (Å²) in [6.45, 7) is 4.71. The molecule has 3 fully saturated rings. The number of nitrogens with zero attached hydrogens (tertiary/aromatic N) is 4. The van der Waals surface area contributed by atoms with E-state index in [9.17, 15) is 9.59 Å². The average molecular weight is 366 g/mol. The Labute approximate surface area is 159 Å². The summed E-state index contributed by atoms with van der Waals surface area (Å²) in [5.74, 6) is 0.211. The maximum Gasteiger partial charge on any atom is 0.253 e. The van der Waals surface area contributed by atoms with Gasteiger partial charge >= 0.3 is 0 Å². The molecule has 6 heteroatoms. The molecule has 3 saturated heterocycles. The lowest BCUT2D eigenvalue weighted by atomic mass is 9.94. The number of aromatic nitrogens is 2. The zero-order valence-corrected chi connectivity index (χ0v) is 15.8. The zero-order chi connectivity index (χ0) is 18.8. The van der Waals surface area contributed by atoms with Gasteiger partial charge in [0, 0.05) is 43.6 Å². The Morgan fingerprint density at radius 2 is 2.11 bits per heavy atom. The van der Waals surface area contributed by atoms with Gasteiger partial charge in [-0.1, -0.05) is 19.1 Å². The molecule has 1 aromatic heterocycles. The Hall–Kier alpha value is -2.63. The average Bonchev–Trinajstić information content (AvgIpc) is 3.03. The second kappa shape index (κ2) is 7.55. The minimum atomic E-state index is -0.0495. The van der Waals surface area contributed by atoms with Crippen molar-refractivity contribution < 1.29 is 9.59 Å². The number of carbonyl (C=O) groups excluding carboxylic acids is 2. The normalized spacial score (nSPS) is 22.2. The van der Waals surface area contributed by atoms with E-state index < -0.39 is 0 Å². The maximum absolute atomic E-state index is 13.2. The summed E-state index contributed by atoms with van der Waals surface area (Å²) in [6.07, 6.45) is 6.51. The van der Waals surface area contributed by atoms with Crippen LogP contribution in [0.15, 0.2) is 42.7 Å². The maximum atomic E-state index is 13.2. The molecule has 4 heterocycles. The quantitative estimate of drug-likeness (QED) is 0.816. The van der Waals surface area contributed by atoms with Crippen molar-refractivity contribution >= 4 is 11.8 Å². The largest absolute Gasteiger partial charge is 0.338 e. The minimum absolute atomic E-state index is 0.0281. The van der Waals surface area contributed by atoms with Crippen LogP contribution in [0.25, 0.3) is 0 Å². The van der Waals surface area contributed by atoms with Crippen molar-refractivity contribution in [1.82, 2.24) is 19.6 Å². The monoisotopic (exact) mass is 366 g/mol. The van der Waals surface area contributed by atoms with Crippen molar-refractivity contribution in [3.8, 4) is 0 Å². The van der Waals surface area contributed by atoms with Gasteiger partial charge in [-0.3, -0.25) is 14.3 Å².